The number of rotatable bonds is 13. The van der Waals surface area contributed by atoms with Crippen LogP contribution >= 0.6 is 0 Å². The standard InChI is InChI=1S/C52H66FN9O5/c53-45-17-12-37(32-46(54)42-10-4-5-11-43(42)49(55)64)31-44(45)51(66)61-29-27-60(28-30-61)47(63)35-58-21-18-36(19-22-58)34-59-23-25-62(26-24-59)52(67)48(39-7-2-1-3-8-39)57-50(65)40-15-13-38(14-16-40)41-9-6-20-56-33-41/h4-5,10-17,31,36,41,54,56H,1-3,6-9,18-30,32-35H2,(H2,55,64)(H,57,65). The molecule has 0 radical (unpaired) electrons. The van der Waals surface area contributed by atoms with Crippen LogP contribution in [0.25, 0.3) is 0 Å². The maximum absolute atomic E-state index is 15.0. The fourth-order valence-electron chi connectivity index (χ4n) is 10.5. The predicted octanol–water partition coefficient (Wildman–Crippen LogP) is 4.79. The van der Waals surface area contributed by atoms with Crippen LogP contribution < -0.4 is 16.4 Å². The van der Waals surface area contributed by atoms with Crippen LogP contribution in [0, 0.1) is 17.1 Å². The number of nitrogens with one attached hydrogen (secondary N) is 3. The SMILES string of the molecule is N=C(Cc1ccc(F)c(C(=O)N2CCN(C(=O)CN3CCC(CN4CCN(C(=O)C(NC(=O)c5ccc(C6CCCNC6)cc5)=C5CCCCC5)CC4)CC3)CC2)c1)c1ccccc1C(N)=O. The molecule has 4 aliphatic heterocycles. The van der Waals surface area contributed by atoms with Crippen molar-refractivity contribution in [1.82, 2.24) is 35.1 Å². The molecule has 0 bridgehead atoms. The molecule has 4 heterocycles. The van der Waals surface area contributed by atoms with Gasteiger partial charge in [-0.2, -0.15) is 0 Å². The highest BCUT2D eigenvalue weighted by Crippen LogP contribution is 2.28. The average molecular weight is 916 g/mol. The first-order valence-electron chi connectivity index (χ1n) is 24.4. The van der Waals surface area contributed by atoms with Crippen molar-refractivity contribution in [2.75, 3.05) is 91.6 Å². The molecule has 4 saturated heterocycles. The van der Waals surface area contributed by atoms with Crippen LogP contribution in [0.2, 0.25) is 0 Å². The maximum atomic E-state index is 15.0. The molecule has 5 amide bonds. The van der Waals surface area contributed by atoms with Crippen LogP contribution in [-0.2, 0) is 16.0 Å². The molecule has 8 rings (SSSR count). The van der Waals surface area contributed by atoms with Gasteiger partial charge in [0.25, 0.3) is 17.7 Å². The molecule has 1 saturated carbocycles. The van der Waals surface area contributed by atoms with Gasteiger partial charge in [-0.3, -0.25) is 33.8 Å². The minimum Gasteiger partial charge on any atom is -0.366 e. The summed E-state index contributed by atoms with van der Waals surface area (Å²) in [5, 5.41) is 15.1. The Morgan fingerprint density at radius 3 is 2.06 bits per heavy atom. The molecular weight excluding hydrogens is 850 g/mol. The van der Waals surface area contributed by atoms with E-state index in [4.69, 9.17) is 11.1 Å². The molecule has 15 heteroatoms. The average Bonchev–Trinajstić information content (AvgIpc) is 3.37. The van der Waals surface area contributed by atoms with Crippen LogP contribution in [0.3, 0.4) is 0 Å². The van der Waals surface area contributed by atoms with E-state index >= 15 is 4.39 Å². The minimum atomic E-state index is -0.652. The normalized spacial score (nSPS) is 20.0. The number of carbonyl (C=O) groups excluding carboxylic acids is 5. The number of hydrogen-bond donors (Lipinski definition) is 4. The number of nitrogens with two attached hydrogens (primary N) is 1. The van der Waals surface area contributed by atoms with Crippen molar-refractivity contribution >= 4 is 35.2 Å². The molecule has 5 N–H and O–H groups in total. The van der Waals surface area contributed by atoms with Crippen molar-refractivity contribution in [3.63, 3.8) is 0 Å². The lowest BCUT2D eigenvalue weighted by molar-refractivity contribution is -0.134. The van der Waals surface area contributed by atoms with E-state index in [1.807, 2.05) is 17.0 Å². The summed E-state index contributed by atoms with van der Waals surface area (Å²) in [5.74, 6) is -1.06. The summed E-state index contributed by atoms with van der Waals surface area (Å²) in [4.78, 5) is 76.5. The van der Waals surface area contributed by atoms with Crippen LogP contribution in [0.4, 0.5) is 4.39 Å². The number of hydrogen-bond acceptors (Lipinski definition) is 9. The molecule has 14 nitrogen and oxygen atoms in total. The molecule has 1 unspecified atom stereocenters. The molecule has 1 aliphatic carbocycles. The Bertz CT molecular complexity index is 2320. The van der Waals surface area contributed by atoms with Gasteiger partial charge in [-0.15, -0.1) is 0 Å². The third-order valence-electron chi connectivity index (χ3n) is 14.5. The number of amides is 5. The summed E-state index contributed by atoms with van der Waals surface area (Å²) in [7, 11) is 0. The van der Waals surface area contributed by atoms with Gasteiger partial charge in [0, 0.05) is 94.3 Å². The number of carbonyl (C=O) groups is 5. The van der Waals surface area contributed by atoms with E-state index in [1.54, 1.807) is 34.1 Å². The highest BCUT2D eigenvalue weighted by Gasteiger charge is 2.32. The van der Waals surface area contributed by atoms with E-state index < -0.39 is 17.6 Å². The monoisotopic (exact) mass is 916 g/mol. The third-order valence-corrected chi connectivity index (χ3v) is 14.5. The first-order valence-corrected chi connectivity index (χ1v) is 24.4. The van der Waals surface area contributed by atoms with Crippen LogP contribution in [0.5, 0.6) is 0 Å². The van der Waals surface area contributed by atoms with E-state index in [0.717, 1.165) is 109 Å². The lowest BCUT2D eigenvalue weighted by Crippen LogP contribution is -2.53. The number of allylic oxidation sites excluding steroid dienone is 1. The zero-order valence-corrected chi connectivity index (χ0v) is 38.7. The van der Waals surface area contributed by atoms with Crippen molar-refractivity contribution in [3.05, 3.63) is 117 Å². The number of benzene rings is 3. The molecule has 3 aromatic carbocycles. The van der Waals surface area contributed by atoms with Gasteiger partial charge >= 0.3 is 0 Å². The van der Waals surface area contributed by atoms with Crippen molar-refractivity contribution in [3.8, 4) is 0 Å². The van der Waals surface area contributed by atoms with Crippen LogP contribution in [-0.4, -0.2) is 151 Å². The highest BCUT2D eigenvalue weighted by atomic mass is 19.1. The topological polar surface area (TPSA) is 175 Å². The van der Waals surface area contributed by atoms with Crippen molar-refractivity contribution in [2.24, 2.45) is 11.7 Å². The van der Waals surface area contributed by atoms with Gasteiger partial charge < -0.3 is 36.5 Å². The van der Waals surface area contributed by atoms with Crippen LogP contribution in [0.15, 0.2) is 78.0 Å². The van der Waals surface area contributed by atoms with Crippen molar-refractivity contribution in [1.29, 1.82) is 5.41 Å². The number of likely N-dealkylation sites (tertiary alicyclic amines) is 1. The third kappa shape index (κ3) is 12.0. The van der Waals surface area contributed by atoms with Gasteiger partial charge in [-0.05, 0) is 130 Å². The van der Waals surface area contributed by atoms with E-state index in [2.05, 4.69) is 32.6 Å². The maximum Gasteiger partial charge on any atom is 0.270 e. The van der Waals surface area contributed by atoms with Crippen LogP contribution in [0.1, 0.15) is 111 Å². The number of halogens is 1. The smallest absolute Gasteiger partial charge is 0.270 e. The van der Waals surface area contributed by atoms with Gasteiger partial charge in [-0.25, -0.2) is 4.39 Å². The molecule has 5 fully saturated rings. The Hall–Kier alpha value is -5.77. The molecule has 1 atom stereocenters. The second-order valence-corrected chi connectivity index (χ2v) is 19.0. The first-order chi connectivity index (χ1) is 32.5. The minimum absolute atomic E-state index is 0.0263. The molecule has 3 aromatic rings. The van der Waals surface area contributed by atoms with Gasteiger partial charge in [0.05, 0.1) is 12.1 Å². The highest BCUT2D eigenvalue weighted by molar-refractivity contribution is 6.09. The Morgan fingerprint density at radius 1 is 0.716 bits per heavy atom. The lowest BCUT2D eigenvalue weighted by atomic mass is 9.91. The second kappa shape index (κ2) is 22.4. The largest absolute Gasteiger partial charge is 0.366 e. The van der Waals surface area contributed by atoms with Crippen molar-refractivity contribution < 1.29 is 28.4 Å². The molecule has 0 spiro atoms. The fraction of sp³-hybridized carbons (Fsp3) is 0.500. The number of primary amides is 1. The van der Waals surface area contributed by atoms with Gasteiger partial charge in [0.1, 0.15) is 11.5 Å². The molecule has 67 heavy (non-hydrogen) atoms. The summed E-state index contributed by atoms with van der Waals surface area (Å²) in [5.41, 5.74) is 10.1. The Kier molecular flexibility index (Phi) is 15.9. The zero-order valence-electron chi connectivity index (χ0n) is 38.7. The summed E-state index contributed by atoms with van der Waals surface area (Å²) in [6.45, 7) is 9.03. The van der Waals surface area contributed by atoms with E-state index in [1.165, 1.54) is 23.8 Å². The number of piperidine rings is 2. The fourth-order valence-corrected chi connectivity index (χ4v) is 10.5. The quantitative estimate of drug-likeness (QED) is 0.140. The Morgan fingerprint density at radius 2 is 1.39 bits per heavy atom. The second-order valence-electron chi connectivity index (χ2n) is 19.0. The van der Waals surface area contributed by atoms with Gasteiger partial charge in [0.15, 0.2) is 0 Å². The Labute approximate surface area is 393 Å². The summed E-state index contributed by atoms with van der Waals surface area (Å²) < 4.78 is 15.0. The zero-order chi connectivity index (χ0) is 46.9. The van der Waals surface area contributed by atoms with E-state index in [9.17, 15) is 24.0 Å². The van der Waals surface area contributed by atoms with E-state index in [0.29, 0.717) is 66.9 Å². The molecule has 356 valence electrons. The summed E-state index contributed by atoms with van der Waals surface area (Å²) in [6, 6.07) is 18.7. The van der Waals surface area contributed by atoms with Gasteiger partial charge in [-0.1, -0.05) is 42.8 Å². The van der Waals surface area contributed by atoms with Gasteiger partial charge in [0.2, 0.25) is 11.8 Å². The summed E-state index contributed by atoms with van der Waals surface area (Å²) >= 11 is 0. The number of piperazine rings is 2. The first kappa shape index (κ1) is 47.7. The molecule has 5 aliphatic rings. The predicted molar refractivity (Wildman–Crippen MR) is 255 cm³/mol. The van der Waals surface area contributed by atoms with Crippen molar-refractivity contribution in [2.45, 2.75) is 70.1 Å². The summed E-state index contributed by atoms with van der Waals surface area (Å²) in [6.07, 6.45) is 9.23. The number of nitrogens with zero attached hydrogens (tertiary/aromatic N) is 5. The lowest BCUT2D eigenvalue weighted by Gasteiger charge is -2.40. The van der Waals surface area contributed by atoms with E-state index in [-0.39, 0.29) is 54.1 Å². The Balaban J connectivity index is 0.757. The molecular formula is C52H66FN9O5. The molecule has 0 aromatic heterocycles.